The molecule has 5 heteroatoms. The summed E-state index contributed by atoms with van der Waals surface area (Å²) in [7, 11) is 0. The van der Waals surface area contributed by atoms with Crippen LogP contribution in [0, 0.1) is 11.8 Å². The van der Waals surface area contributed by atoms with Crippen molar-refractivity contribution in [3.63, 3.8) is 0 Å². The minimum Gasteiger partial charge on any atom is -0.455 e. The summed E-state index contributed by atoms with van der Waals surface area (Å²) in [5.41, 5.74) is -1.79. The molecule has 0 radical (unpaired) electrons. The molecule has 1 aliphatic heterocycles. The molecule has 0 amide bonds. The fourth-order valence-electron chi connectivity index (χ4n) is 3.50. The van der Waals surface area contributed by atoms with Gasteiger partial charge in [0.1, 0.15) is 6.10 Å². The van der Waals surface area contributed by atoms with Gasteiger partial charge in [-0.1, -0.05) is 26.0 Å². The topological polar surface area (TPSA) is 87.0 Å². The second-order valence-electron chi connectivity index (χ2n) is 8.41. The highest BCUT2D eigenvalue weighted by atomic mass is 16.5. The molecule has 0 aromatic rings. The second-order valence-corrected chi connectivity index (χ2v) is 8.41. The fourth-order valence-corrected chi connectivity index (χ4v) is 3.50. The van der Waals surface area contributed by atoms with Gasteiger partial charge in [0.15, 0.2) is 0 Å². The van der Waals surface area contributed by atoms with Crippen LogP contribution in [0.2, 0.25) is 0 Å². The summed E-state index contributed by atoms with van der Waals surface area (Å²) >= 11 is 0. The summed E-state index contributed by atoms with van der Waals surface area (Å²) in [4.78, 5) is 12.1. The molecule has 0 spiro atoms. The molecule has 2 aliphatic rings. The van der Waals surface area contributed by atoms with Crippen molar-refractivity contribution in [3.05, 3.63) is 23.8 Å². The highest BCUT2D eigenvalue weighted by Crippen LogP contribution is 2.32. The number of aliphatic hydroxyl groups excluding tert-OH is 1. The van der Waals surface area contributed by atoms with E-state index < -0.39 is 23.4 Å². The lowest BCUT2D eigenvalue weighted by Gasteiger charge is -2.32. The molecule has 1 aliphatic carbocycles. The maximum Gasteiger partial charge on any atom is 0.334 e. The van der Waals surface area contributed by atoms with Crippen LogP contribution in [0.1, 0.15) is 59.8 Å². The van der Waals surface area contributed by atoms with Gasteiger partial charge in [0.05, 0.1) is 17.3 Å². The minimum atomic E-state index is -1.39. The van der Waals surface area contributed by atoms with E-state index in [1.165, 1.54) is 0 Å². The molecule has 0 saturated heterocycles. The van der Waals surface area contributed by atoms with Crippen molar-refractivity contribution in [2.75, 3.05) is 0 Å². The fraction of sp³-hybridized carbons (Fsp3) is 0.750. The third-order valence-electron chi connectivity index (χ3n) is 5.47. The zero-order valence-electron chi connectivity index (χ0n) is 15.7. The van der Waals surface area contributed by atoms with Gasteiger partial charge in [-0.05, 0) is 57.4 Å². The molecule has 0 aromatic carbocycles. The first-order chi connectivity index (χ1) is 11.5. The number of carbonyl (C=O) groups is 1. The van der Waals surface area contributed by atoms with Gasteiger partial charge in [-0.25, -0.2) is 4.79 Å². The Morgan fingerprint density at radius 1 is 1.24 bits per heavy atom. The third kappa shape index (κ3) is 5.40. The molecule has 25 heavy (non-hydrogen) atoms. The molecule has 1 heterocycles. The maximum absolute atomic E-state index is 12.1. The molecule has 3 N–H and O–H groups in total. The first-order valence-corrected chi connectivity index (χ1v) is 9.24. The zero-order valence-corrected chi connectivity index (χ0v) is 15.7. The van der Waals surface area contributed by atoms with E-state index in [-0.39, 0.29) is 24.7 Å². The van der Waals surface area contributed by atoms with Crippen LogP contribution in [0.25, 0.3) is 0 Å². The molecule has 0 fully saturated rings. The van der Waals surface area contributed by atoms with Crippen LogP contribution >= 0.6 is 0 Å². The van der Waals surface area contributed by atoms with E-state index in [0.717, 1.165) is 6.42 Å². The molecular formula is C20H32O5. The van der Waals surface area contributed by atoms with Crippen LogP contribution in [-0.4, -0.2) is 44.7 Å². The molecule has 2 bridgehead atoms. The van der Waals surface area contributed by atoms with Crippen molar-refractivity contribution >= 4 is 5.97 Å². The maximum atomic E-state index is 12.1. The SMILES string of the molecule is CC(C)[C@H]1/C=C\[C@@](C)(O)CC[C@@H](O)[C@](C)(O)CC2C=C(CC1)C(=O)O2. The third-order valence-corrected chi connectivity index (χ3v) is 5.47. The predicted molar refractivity (Wildman–Crippen MR) is 95.8 cm³/mol. The van der Waals surface area contributed by atoms with Crippen LogP contribution in [0.15, 0.2) is 23.8 Å². The molecule has 0 aromatic heterocycles. The highest BCUT2D eigenvalue weighted by molar-refractivity contribution is 5.90. The number of hydrogen-bond acceptors (Lipinski definition) is 5. The van der Waals surface area contributed by atoms with Crippen LogP contribution in [0.4, 0.5) is 0 Å². The Balaban J connectivity index is 2.27. The Kier molecular flexibility index (Phi) is 6.13. The number of esters is 1. The molecule has 2 rings (SSSR count). The number of ether oxygens (including phenoxy) is 1. The summed E-state index contributed by atoms with van der Waals surface area (Å²) in [6.07, 6.45) is 6.23. The molecule has 142 valence electrons. The van der Waals surface area contributed by atoms with Gasteiger partial charge in [-0.2, -0.15) is 0 Å². The lowest BCUT2D eigenvalue weighted by Crippen LogP contribution is -2.43. The van der Waals surface area contributed by atoms with Crippen molar-refractivity contribution in [1.82, 2.24) is 0 Å². The number of hydrogen-bond donors (Lipinski definition) is 3. The summed E-state index contributed by atoms with van der Waals surface area (Å²) < 4.78 is 5.35. The smallest absolute Gasteiger partial charge is 0.334 e. The Morgan fingerprint density at radius 3 is 2.56 bits per heavy atom. The van der Waals surface area contributed by atoms with Crippen molar-refractivity contribution in [2.24, 2.45) is 11.8 Å². The van der Waals surface area contributed by atoms with E-state index in [1.54, 1.807) is 26.0 Å². The van der Waals surface area contributed by atoms with Crippen LogP contribution in [0.5, 0.6) is 0 Å². The average Bonchev–Trinajstić information content (AvgIpc) is 2.82. The number of aliphatic hydroxyl groups is 3. The Bertz CT molecular complexity index is 544. The number of carbonyl (C=O) groups excluding carboxylic acids is 1. The quantitative estimate of drug-likeness (QED) is 0.498. The van der Waals surface area contributed by atoms with Gasteiger partial charge in [0.2, 0.25) is 0 Å². The van der Waals surface area contributed by atoms with Crippen molar-refractivity contribution in [1.29, 1.82) is 0 Å². The molecular weight excluding hydrogens is 320 g/mol. The lowest BCUT2D eigenvalue weighted by molar-refractivity contribution is -0.144. The lowest BCUT2D eigenvalue weighted by atomic mass is 9.84. The van der Waals surface area contributed by atoms with Gasteiger partial charge >= 0.3 is 5.97 Å². The number of fused-ring (bicyclic) bond motifs is 1. The van der Waals surface area contributed by atoms with Crippen molar-refractivity contribution in [2.45, 2.75) is 83.2 Å². The van der Waals surface area contributed by atoms with Crippen LogP contribution in [-0.2, 0) is 9.53 Å². The number of rotatable bonds is 1. The summed E-state index contributed by atoms with van der Waals surface area (Å²) in [5, 5.41) is 31.5. The largest absolute Gasteiger partial charge is 0.455 e. The van der Waals surface area contributed by atoms with Gasteiger partial charge in [0.25, 0.3) is 0 Å². The summed E-state index contributed by atoms with van der Waals surface area (Å²) in [6, 6.07) is 0. The predicted octanol–water partition coefficient (Wildman–Crippen LogP) is 2.49. The Morgan fingerprint density at radius 2 is 1.92 bits per heavy atom. The highest BCUT2D eigenvalue weighted by Gasteiger charge is 2.38. The van der Waals surface area contributed by atoms with Crippen molar-refractivity contribution < 1.29 is 24.9 Å². The standard InChI is InChI=1S/C20H32O5/c1-13(2)14-5-6-15-11-16(25-18(15)22)12-20(4,24)17(21)8-10-19(3,23)9-7-14/h7,9,11,13-14,16-17,21,23-24H,5-6,8,10,12H2,1-4H3/b9-7-/t14-,16?,17-,19-,20-/m1/s1. The molecule has 0 saturated carbocycles. The van der Waals surface area contributed by atoms with E-state index in [9.17, 15) is 20.1 Å². The number of allylic oxidation sites excluding steroid dienone is 1. The van der Waals surface area contributed by atoms with E-state index >= 15 is 0 Å². The molecule has 5 nitrogen and oxygen atoms in total. The minimum absolute atomic E-state index is 0.148. The zero-order chi connectivity index (χ0) is 18.8. The van der Waals surface area contributed by atoms with E-state index in [2.05, 4.69) is 13.8 Å². The van der Waals surface area contributed by atoms with E-state index in [1.807, 2.05) is 6.08 Å². The van der Waals surface area contributed by atoms with E-state index in [0.29, 0.717) is 24.3 Å². The van der Waals surface area contributed by atoms with E-state index in [4.69, 9.17) is 4.74 Å². The normalized spacial score (nSPS) is 41.8. The van der Waals surface area contributed by atoms with Crippen molar-refractivity contribution in [3.8, 4) is 0 Å². The van der Waals surface area contributed by atoms with Gasteiger partial charge < -0.3 is 20.1 Å². The molecule has 5 atom stereocenters. The van der Waals surface area contributed by atoms with Gasteiger partial charge in [0, 0.05) is 12.0 Å². The molecule has 1 unspecified atom stereocenters. The van der Waals surface area contributed by atoms with Gasteiger partial charge in [-0.3, -0.25) is 0 Å². The Labute approximate surface area is 150 Å². The first-order valence-electron chi connectivity index (χ1n) is 9.24. The Hall–Kier alpha value is -1.17. The summed E-state index contributed by atoms with van der Waals surface area (Å²) in [6.45, 7) is 7.51. The monoisotopic (exact) mass is 352 g/mol. The summed E-state index contributed by atoms with van der Waals surface area (Å²) in [5.74, 6) is 0.305. The average molecular weight is 352 g/mol. The van der Waals surface area contributed by atoms with Gasteiger partial charge in [-0.15, -0.1) is 0 Å². The second kappa shape index (κ2) is 7.60. The van der Waals surface area contributed by atoms with Crippen LogP contribution in [0.3, 0.4) is 0 Å². The van der Waals surface area contributed by atoms with Crippen LogP contribution < -0.4 is 0 Å². The first kappa shape index (κ1) is 20.1.